The lowest BCUT2D eigenvalue weighted by Gasteiger charge is -2.21. The fourth-order valence-electron chi connectivity index (χ4n) is 3.71. The third-order valence-electron chi connectivity index (χ3n) is 5.14. The molecule has 4 rings (SSSR count). The van der Waals surface area contributed by atoms with E-state index in [-0.39, 0.29) is 11.7 Å². The average molecular weight is 405 g/mol. The fraction of sp³-hybridized carbons (Fsp3) is 0.250. The summed E-state index contributed by atoms with van der Waals surface area (Å²) >= 11 is 0. The molecule has 0 aliphatic heterocycles. The van der Waals surface area contributed by atoms with Gasteiger partial charge in [-0.2, -0.15) is 0 Å². The van der Waals surface area contributed by atoms with Gasteiger partial charge in [-0.25, -0.2) is 9.37 Å². The van der Waals surface area contributed by atoms with Crippen LogP contribution in [-0.4, -0.2) is 15.5 Å². The number of fused-ring (bicyclic) bond motifs is 1. The predicted molar refractivity (Wildman–Crippen MR) is 113 cm³/mol. The van der Waals surface area contributed by atoms with E-state index in [0.29, 0.717) is 25.1 Å². The Kier molecular flexibility index (Phi) is 5.93. The van der Waals surface area contributed by atoms with Crippen LogP contribution in [0.25, 0.3) is 11.0 Å². The van der Waals surface area contributed by atoms with E-state index in [1.54, 1.807) is 24.5 Å². The third-order valence-corrected chi connectivity index (χ3v) is 5.14. The number of furan rings is 1. The molecule has 30 heavy (non-hydrogen) atoms. The number of aromatic nitrogens is 2. The van der Waals surface area contributed by atoms with E-state index in [9.17, 15) is 9.18 Å². The SMILES string of the molecule is CCCC(C(=O)NCc1ccco1)n1c(Cc2ccc(F)cc2)nc2ccccc21. The summed E-state index contributed by atoms with van der Waals surface area (Å²) < 4.78 is 20.7. The maximum Gasteiger partial charge on any atom is 0.243 e. The van der Waals surface area contributed by atoms with Crippen LogP contribution >= 0.6 is 0 Å². The Morgan fingerprint density at radius 1 is 1.13 bits per heavy atom. The minimum absolute atomic E-state index is 0.0724. The highest BCUT2D eigenvalue weighted by atomic mass is 19.1. The molecule has 1 N–H and O–H groups in total. The van der Waals surface area contributed by atoms with Gasteiger partial charge in [-0.1, -0.05) is 37.6 Å². The second kappa shape index (κ2) is 8.95. The molecule has 0 fully saturated rings. The summed E-state index contributed by atoms with van der Waals surface area (Å²) in [6.07, 6.45) is 3.64. The monoisotopic (exact) mass is 405 g/mol. The van der Waals surface area contributed by atoms with E-state index in [1.807, 2.05) is 34.9 Å². The topological polar surface area (TPSA) is 60.1 Å². The van der Waals surface area contributed by atoms with E-state index in [4.69, 9.17) is 9.40 Å². The Morgan fingerprint density at radius 2 is 1.93 bits per heavy atom. The van der Waals surface area contributed by atoms with Gasteiger partial charge in [-0.05, 0) is 48.4 Å². The van der Waals surface area contributed by atoms with Gasteiger partial charge in [0.25, 0.3) is 0 Å². The van der Waals surface area contributed by atoms with E-state index < -0.39 is 6.04 Å². The number of benzene rings is 2. The largest absolute Gasteiger partial charge is 0.467 e. The Hall–Kier alpha value is -3.41. The van der Waals surface area contributed by atoms with Crippen molar-refractivity contribution in [1.29, 1.82) is 0 Å². The van der Waals surface area contributed by atoms with E-state index >= 15 is 0 Å². The number of rotatable bonds is 8. The maximum absolute atomic E-state index is 13.3. The maximum atomic E-state index is 13.3. The molecular weight excluding hydrogens is 381 g/mol. The van der Waals surface area contributed by atoms with Crippen molar-refractivity contribution in [3.05, 3.63) is 89.9 Å². The van der Waals surface area contributed by atoms with Crippen LogP contribution in [0, 0.1) is 5.82 Å². The van der Waals surface area contributed by atoms with E-state index in [1.165, 1.54) is 12.1 Å². The quantitative estimate of drug-likeness (QED) is 0.448. The summed E-state index contributed by atoms with van der Waals surface area (Å²) in [5.74, 6) is 1.15. The zero-order valence-electron chi connectivity index (χ0n) is 16.8. The first kappa shape index (κ1) is 19.9. The average Bonchev–Trinajstić information content (AvgIpc) is 3.39. The predicted octanol–water partition coefficient (Wildman–Crippen LogP) is 5.02. The summed E-state index contributed by atoms with van der Waals surface area (Å²) in [5.41, 5.74) is 2.70. The van der Waals surface area contributed by atoms with E-state index in [2.05, 4.69) is 12.2 Å². The molecule has 1 amide bonds. The van der Waals surface area contributed by atoms with Crippen molar-refractivity contribution >= 4 is 16.9 Å². The number of hydrogen-bond acceptors (Lipinski definition) is 3. The molecule has 6 heteroatoms. The van der Waals surface area contributed by atoms with Gasteiger partial charge >= 0.3 is 0 Å². The van der Waals surface area contributed by atoms with Gasteiger partial charge in [0.2, 0.25) is 5.91 Å². The Labute approximate surface area is 174 Å². The molecule has 0 aliphatic rings. The lowest BCUT2D eigenvalue weighted by Crippen LogP contribution is -2.33. The smallest absolute Gasteiger partial charge is 0.243 e. The second-order valence-electron chi connectivity index (χ2n) is 7.29. The van der Waals surface area contributed by atoms with Crippen molar-refractivity contribution in [1.82, 2.24) is 14.9 Å². The standard InChI is InChI=1S/C24H24FN3O2/c1-2-6-22(24(29)26-16-19-7-5-14-30-19)28-21-9-4-3-8-20(21)27-23(28)15-17-10-12-18(25)13-11-17/h3-5,7-14,22H,2,6,15-16H2,1H3,(H,26,29). The molecule has 0 saturated carbocycles. The normalized spacial score (nSPS) is 12.2. The first-order valence-corrected chi connectivity index (χ1v) is 10.2. The Morgan fingerprint density at radius 3 is 2.67 bits per heavy atom. The summed E-state index contributed by atoms with van der Waals surface area (Å²) in [4.78, 5) is 18.0. The van der Waals surface area contributed by atoms with Gasteiger partial charge in [0.05, 0.1) is 23.8 Å². The first-order valence-electron chi connectivity index (χ1n) is 10.2. The van der Waals surface area contributed by atoms with Gasteiger partial charge in [0, 0.05) is 6.42 Å². The van der Waals surface area contributed by atoms with Crippen molar-refractivity contribution in [2.24, 2.45) is 0 Å². The van der Waals surface area contributed by atoms with Gasteiger partial charge < -0.3 is 14.3 Å². The Bertz CT molecular complexity index is 1120. The first-order chi connectivity index (χ1) is 14.7. The summed E-state index contributed by atoms with van der Waals surface area (Å²) in [6.45, 7) is 2.40. The summed E-state index contributed by atoms with van der Waals surface area (Å²) in [6, 6.07) is 17.5. The molecule has 5 nitrogen and oxygen atoms in total. The fourth-order valence-corrected chi connectivity index (χ4v) is 3.71. The molecule has 154 valence electrons. The minimum Gasteiger partial charge on any atom is -0.467 e. The highest BCUT2D eigenvalue weighted by Gasteiger charge is 2.25. The van der Waals surface area contributed by atoms with Crippen LogP contribution in [0.5, 0.6) is 0 Å². The molecule has 0 radical (unpaired) electrons. The molecule has 0 saturated heterocycles. The van der Waals surface area contributed by atoms with Crippen LogP contribution in [0.2, 0.25) is 0 Å². The lowest BCUT2D eigenvalue weighted by atomic mass is 10.1. The van der Waals surface area contributed by atoms with Crippen LogP contribution in [0.3, 0.4) is 0 Å². The van der Waals surface area contributed by atoms with Gasteiger partial charge in [-0.3, -0.25) is 4.79 Å². The molecule has 2 aromatic carbocycles. The molecular formula is C24H24FN3O2. The number of carbonyl (C=O) groups is 1. The van der Waals surface area contributed by atoms with Gasteiger partial charge in [0.15, 0.2) is 0 Å². The number of nitrogens with one attached hydrogen (secondary N) is 1. The van der Waals surface area contributed by atoms with Crippen molar-refractivity contribution in [2.75, 3.05) is 0 Å². The lowest BCUT2D eigenvalue weighted by molar-refractivity contribution is -0.124. The van der Waals surface area contributed by atoms with E-state index in [0.717, 1.165) is 28.8 Å². The van der Waals surface area contributed by atoms with Crippen molar-refractivity contribution < 1.29 is 13.6 Å². The number of para-hydroxylation sites is 2. The third kappa shape index (κ3) is 4.27. The minimum atomic E-state index is -0.396. The highest BCUT2D eigenvalue weighted by Crippen LogP contribution is 2.26. The highest BCUT2D eigenvalue weighted by molar-refractivity contribution is 5.84. The molecule has 1 unspecified atom stereocenters. The van der Waals surface area contributed by atoms with Crippen LogP contribution in [0.15, 0.2) is 71.3 Å². The zero-order valence-corrected chi connectivity index (χ0v) is 16.8. The molecule has 0 aliphatic carbocycles. The van der Waals surface area contributed by atoms with Crippen LogP contribution in [-0.2, 0) is 17.8 Å². The molecule has 0 spiro atoms. The number of hydrogen-bond donors (Lipinski definition) is 1. The molecule has 2 aromatic heterocycles. The number of imidazole rings is 1. The Balaban J connectivity index is 1.69. The zero-order chi connectivity index (χ0) is 20.9. The van der Waals surface area contributed by atoms with Crippen LogP contribution < -0.4 is 5.32 Å². The van der Waals surface area contributed by atoms with Crippen molar-refractivity contribution in [3.63, 3.8) is 0 Å². The van der Waals surface area contributed by atoms with Crippen molar-refractivity contribution in [3.8, 4) is 0 Å². The second-order valence-corrected chi connectivity index (χ2v) is 7.29. The number of halogens is 1. The number of nitrogens with zero attached hydrogens (tertiary/aromatic N) is 2. The van der Waals surface area contributed by atoms with Crippen LogP contribution in [0.4, 0.5) is 4.39 Å². The molecule has 0 bridgehead atoms. The molecule has 4 aromatic rings. The molecule has 1 atom stereocenters. The van der Waals surface area contributed by atoms with Gasteiger partial charge in [0.1, 0.15) is 23.4 Å². The summed E-state index contributed by atoms with van der Waals surface area (Å²) in [5, 5.41) is 2.99. The van der Waals surface area contributed by atoms with Crippen LogP contribution in [0.1, 0.15) is 43.0 Å². The molecule has 2 heterocycles. The van der Waals surface area contributed by atoms with Gasteiger partial charge in [-0.15, -0.1) is 0 Å². The van der Waals surface area contributed by atoms with Crippen molar-refractivity contribution in [2.45, 2.75) is 38.8 Å². The number of amides is 1. The number of carbonyl (C=O) groups excluding carboxylic acids is 1. The summed E-state index contributed by atoms with van der Waals surface area (Å²) in [7, 11) is 0.